The molecular weight excluding hydrogens is 488 g/mol. The van der Waals surface area contributed by atoms with Crippen molar-refractivity contribution in [1.29, 1.82) is 5.26 Å². The monoisotopic (exact) mass is 521 g/mol. The van der Waals surface area contributed by atoms with E-state index in [-0.39, 0.29) is 11.2 Å². The van der Waals surface area contributed by atoms with Gasteiger partial charge < -0.3 is 10.6 Å². The molecule has 0 aliphatic heterocycles. The molecule has 2 aromatic carbocycles. The van der Waals surface area contributed by atoms with Gasteiger partial charge in [0, 0.05) is 23.8 Å². The largest absolute Gasteiger partial charge is 0.383 e. The number of halogens is 1. The summed E-state index contributed by atoms with van der Waals surface area (Å²) < 4.78 is 15.9. The molecule has 2 aromatic heterocycles. The van der Waals surface area contributed by atoms with Gasteiger partial charge in [0.05, 0.1) is 34.4 Å². The Kier molecular flexibility index (Phi) is 6.09. The summed E-state index contributed by atoms with van der Waals surface area (Å²) in [6.07, 6.45) is 8.15. The van der Waals surface area contributed by atoms with Crippen LogP contribution in [0.4, 0.5) is 15.8 Å². The summed E-state index contributed by atoms with van der Waals surface area (Å²) in [6.45, 7) is 7.22. The van der Waals surface area contributed by atoms with Gasteiger partial charge in [0.15, 0.2) is 0 Å². The zero-order valence-corrected chi connectivity index (χ0v) is 22.9. The van der Waals surface area contributed by atoms with Crippen molar-refractivity contribution in [2.75, 3.05) is 17.2 Å². The van der Waals surface area contributed by atoms with Crippen LogP contribution in [-0.2, 0) is 5.44 Å². The Bertz CT molecular complexity index is 1580. The predicted octanol–water partition coefficient (Wildman–Crippen LogP) is 5.45. The molecule has 0 bridgehead atoms. The van der Waals surface area contributed by atoms with E-state index in [4.69, 9.17) is 4.98 Å². The highest BCUT2D eigenvalue weighted by Gasteiger charge is 2.35. The summed E-state index contributed by atoms with van der Waals surface area (Å²) in [5, 5.41) is 27.2. The lowest BCUT2D eigenvalue weighted by Crippen LogP contribution is -2.38. The molecular formula is C30H33BFN7. The van der Waals surface area contributed by atoms with Crippen LogP contribution in [0.25, 0.3) is 10.9 Å². The molecule has 2 N–H and O–H groups in total. The van der Waals surface area contributed by atoms with Crippen LogP contribution in [-0.4, -0.2) is 34.4 Å². The maximum Gasteiger partial charge on any atom is 0.148 e. The maximum absolute atomic E-state index is 13.9. The summed E-state index contributed by atoms with van der Waals surface area (Å²) in [6, 6.07) is 13.5. The third kappa shape index (κ3) is 5.08. The molecule has 1 unspecified atom stereocenters. The predicted molar refractivity (Wildman–Crippen MR) is 154 cm³/mol. The van der Waals surface area contributed by atoms with E-state index < -0.39 is 5.44 Å². The molecule has 2 saturated carbocycles. The molecule has 7 nitrogen and oxygen atoms in total. The molecule has 4 aromatic rings. The van der Waals surface area contributed by atoms with Gasteiger partial charge in [-0.05, 0) is 72.4 Å². The Morgan fingerprint density at radius 3 is 2.51 bits per heavy atom. The summed E-state index contributed by atoms with van der Waals surface area (Å²) in [7, 11) is 2.06. The Morgan fingerprint density at radius 2 is 1.87 bits per heavy atom. The number of hydrogen-bond donors (Lipinski definition) is 2. The third-order valence-electron chi connectivity index (χ3n) is 7.69. The molecule has 1 atom stereocenters. The standard InChI is InChI=1S/C30H33BFN7/c1-29(2,3)17-35-27-19(14-33)15-34-28-24(18-4-5-18)12-22(13-25(27)28)36-30(31,20-6-8-21(32)9-7-20)26-16-39(38-37-26)23-10-11-23/h6-9,12-13,15-16,18,23,36H,4-5,10-11,17,31H2,1-3H3,(H,34,35). The SMILES string of the molecule is BC(Nc1cc(C2CC2)c2ncc(C#N)c(NCC(C)(C)C)c2c1)(c1ccc(F)cc1)c1cn(C2CC2)nn1. The summed E-state index contributed by atoms with van der Waals surface area (Å²) in [5.41, 5.74) is 5.26. The quantitative estimate of drug-likeness (QED) is 0.300. The van der Waals surface area contributed by atoms with Gasteiger partial charge >= 0.3 is 0 Å². The third-order valence-corrected chi connectivity index (χ3v) is 7.69. The fourth-order valence-electron chi connectivity index (χ4n) is 5.12. The molecule has 39 heavy (non-hydrogen) atoms. The highest BCUT2D eigenvalue weighted by atomic mass is 19.1. The minimum atomic E-state index is -0.769. The molecule has 0 saturated heterocycles. The normalized spacial score (nSPS) is 17.0. The molecule has 2 aliphatic carbocycles. The van der Waals surface area contributed by atoms with Crippen LogP contribution in [0.1, 0.15) is 80.8 Å². The van der Waals surface area contributed by atoms with E-state index in [0.717, 1.165) is 65.8 Å². The Labute approximate surface area is 229 Å². The van der Waals surface area contributed by atoms with E-state index in [0.29, 0.717) is 17.5 Å². The maximum atomic E-state index is 13.9. The zero-order chi connectivity index (χ0) is 27.4. The molecule has 0 radical (unpaired) electrons. The highest BCUT2D eigenvalue weighted by Crippen LogP contribution is 2.46. The second-order valence-electron chi connectivity index (χ2n) is 12.4. The summed E-state index contributed by atoms with van der Waals surface area (Å²) in [5.74, 6) is 0.159. The van der Waals surface area contributed by atoms with E-state index in [1.54, 1.807) is 18.3 Å². The first-order valence-corrected chi connectivity index (χ1v) is 13.7. The average Bonchev–Trinajstić information content (AvgIpc) is 3.85. The van der Waals surface area contributed by atoms with Gasteiger partial charge in [0.1, 0.15) is 25.4 Å². The number of nitrogens with zero attached hydrogens (tertiary/aromatic N) is 5. The molecule has 6 rings (SSSR count). The molecule has 198 valence electrons. The van der Waals surface area contributed by atoms with Gasteiger partial charge in [-0.2, -0.15) is 5.26 Å². The highest BCUT2D eigenvalue weighted by molar-refractivity contribution is 6.19. The number of rotatable bonds is 8. The Balaban J connectivity index is 1.49. The Morgan fingerprint density at radius 1 is 1.13 bits per heavy atom. The van der Waals surface area contributed by atoms with E-state index >= 15 is 0 Å². The van der Waals surface area contributed by atoms with Crippen molar-refractivity contribution in [3.8, 4) is 6.07 Å². The van der Waals surface area contributed by atoms with Crippen LogP contribution in [0.3, 0.4) is 0 Å². The van der Waals surface area contributed by atoms with Gasteiger partial charge in [-0.3, -0.25) is 4.98 Å². The van der Waals surface area contributed by atoms with E-state index in [1.165, 1.54) is 17.7 Å². The van der Waals surface area contributed by atoms with Crippen molar-refractivity contribution in [2.24, 2.45) is 5.41 Å². The fourth-order valence-corrected chi connectivity index (χ4v) is 5.12. The number of anilines is 2. The van der Waals surface area contributed by atoms with Crippen molar-refractivity contribution in [1.82, 2.24) is 20.0 Å². The van der Waals surface area contributed by atoms with Gasteiger partial charge in [0.25, 0.3) is 0 Å². The molecule has 0 spiro atoms. The van der Waals surface area contributed by atoms with Crippen molar-refractivity contribution in [2.45, 2.75) is 63.9 Å². The number of nitriles is 1. The van der Waals surface area contributed by atoms with Crippen molar-refractivity contribution < 1.29 is 4.39 Å². The first-order valence-electron chi connectivity index (χ1n) is 13.7. The lowest BCUT2D eigenvalue weighted by Gasteiger charge is -2.31. The number of pyridine rings is 1. The van der Waals surface area contributed by atoms with Crippen LogP contribution in [0.15, 0.2) is 48.8 Å². The zero-order valence-electron chi connectivity index (χ0n) is 22.9. The first kappa shape index (κ1) is 25.4. The van der Waals surface area contributed by atoms with Crippen LogP contribution in [0.2, 0.25) is 0 Å². The van der Waals surface area contributed by atoms with Crippen LogP contribution in [0, 0.1) is 22.6 Å². The van der Waals surface area contributed by atoms with Crippen molar-refractivity contribution >= 4 is 30.1 Å². The van der Waals surface area contributed by atoms with Crippen LogP contribution < -0.4 is 10.6 Å². The van der Waals surface area contributed by atoms with Gasteiger partial charge in [-0.25, -0.2) is 9.07 Å². The molecule has 9 heteroatoms. The van der Waals surface area contributed by atoms with E-state index in [1.807, 2.05) is 10.9 Å². The molecule has 2 heterocycles. The number of benzene rings is 2. The van der Waals surface area contributed by atoms with Crippen molar-refractivity contribution in [3.63, 3.8) is 0 Å². The van der Waals surface area contributed by atoms with E-state index in [2.05, 4.69) is 67.8 Å². The first-order chi connectivity index (χ1) is 18.6. The number of aromatic nitrogens is 4. The fraction of sp³-hybridized carbons (Fsp3) is 0.400. The lowest BCUT2D eigenvalue weighted by atomic mass is 9.69. The summed E-state index contributed by atoms with van der Waals surface area (Å²) in [4.78, 5) is 4.75. The average molecular weight is 521 g/mol. The van der Waals surface area contributed by atoms with Gasteiger partial charge in [-0.1, -0.05) is 38.1 Å². The molecule has 2 aliphatic rings. The van der Waals surface area contributed by atoms with Crippen molar-refractivity contribution in [3.05, 3.63) is 77.0 Å². The second-order valence-corrected chi connectivity index (χ2v) is 12.4. The van der Waals surface area contributed by atoms with Crippen LogP contribution >= 0.6 is 0 Å². The topological polar surface area (TPSA) is 91.5 Å². The minimum Gasteiger partial charge on any atom is -0.383 e. The smallest absolute Gasteiger partial charge is 0.148 e. The van der Waals surface area contributed by atoms with E-state index in [9.17, 15) is 9.65 Å². The minimum absolute atomic E-state index is 0.0338. The van der Waals surface area contributed by atoms with Gasteiger partial charge in [-0.15, -0.1) is 5.10 Å². The van der Waals surface area contributed by atoms with Gasteiger partial charge in [0.2, 0.25) is 0 Å². The number of fused-ring (bicyclic) bond motifs is 1. The lowest BCUT2D eigenvalue weighted by molar-refractivity contribution is 0.443. The number of nitrogens with one attached hydrogen (secondary N) is 2. The molecule has 2 fully saturated rings. The second kappa shape index (κ2) is 9.37. The summed E-state index contributed by atoms with van der Waals surface area (Å²) >= 11 is 0. The number of hydrogen-bond acceptors (Lipinski definition) is 6. The van der Waals surface area contributed by atoms with Crippen LogP contribution in [0.5, 0.6) is 0 Å². The molecule has 0 amide bonds. The Hall–Kier alpha value is -3.93.